The van der Waals surface area contributed by atoms with Crippen LogP contribution in [0.2, 0.25) is 0 Å². The van der Waals surface area contributed by atoms with E-state index in [4.69, 9.17) is 0 Å². The van der Waals surface area contributed by atoms with Gasteiger partial charge in [-0.2, -0.15) is 0 Å². The fraction of sp³-hybridized carbons (Fsp3) is 0.500. The summed E-state index contributed by atoms with van der Waals surface area (Å²) in [5.41, 5.74) is 2.19. The predicted molar refractivity (Wildman–Crippen MR) is 79.7 cm³/mol. The van der Waals surface area contributed by atoms with Crippen LogP contribution in [0, 0.1) is 6.92 Å². The third kappa shape index (κ3) is 5.30. The molecule has 0 bridgehead atoms. The van der Waals surface area contributed by atoms with Gasteiger partial charge in [-0.1, -0.05) is 24.3 Å². The molecule has 1 aromatic rings. The third-order valence-corrected chi connectivity index (χ3v) is 4.56. The van der Waals surface area contributed by atoms with Gasteiger partial charge in [-0.15, -0.1) is 0 Å². The average molecular weight is 298 g/mol. The van der Waals surface area contributed by atoms with Gasteiger partial charge in [0.2, 0.25) is 15.9 Å². The lowest BCUT2D eigenvalue weighted by Crippen LogP contribution is -2.37. The molecule has 112 valence electrons. The van der Waals surface area contributed by atoms with Gasteiger partial charge < -0.3 is 4.90 Å². The third-order valence-electron chi connectivity index (χ3n) is 3.15. The maximum Gasteiger partial charge on any atom is 0.219 e. The van der Waals surface area contributed by atoms with Crippen molar-refractivity contribution < 1.29 is 13.2 Å². The van der Waals surface area contributed by atoms with Gasteiger partial charge in [0.25, 0.3) is 0 Å². The molecule has 0 radical (unpaired) electrons. The molecular weight excluding hydrogens is 276 g/mol. The van der Waals surface area contributed by atoms with Crippen LogP contribution in [0.4, 0.5) is 0 Å². The summed E-state index contributed by atoms with van der Waals surface area (Å²) in [7, 11) is -3.21. The summed E-state index contributed by atoms with van der Waals surface area (Å²) in [6.45, 7) is 6.17. The zero-order chi connectivity index (χ0) is 15.2. The lowest BCUT2D eigenvalue weighted by molar-refractivity contribution is -0.129. The second-order valence-electron chi connectivity index (χ2n) is 4.66. The largest absolute Gasteiger partial charge is 0.337 e. The van der Waals surface area contributed by atoms with E-state index in [1.807, 2.05) is 31.2 Å². The molecule has 0 spiro atoms. The Labute approximate surface area is 121 Å². The summed E-state index contributed by atoms with van der Waals surface area (Å²) >= 11 is 0. The van der Waals surface area contributed by atoms with Crippen molar-refractivity contribution in [2.24, 2.45) is 0 Å². The number of aryl methyl sites for hydroxylation is 1. The predicted octanol–water partition coefficient (Wildman–Crippen LogP) is 1.28. The molecule has 1 rings (SSSR count). The summed E-state index contributed by atoms with van der Waals surface area (Å²) in [5.74, 6) is -0.0193. The molecule has 0 atom stereocenters. The number of hydrogen-bond donors (Lipinski definition) is 1. The van der Waals surface area contributed by atoms with Crippen LogP contribution < -0.4 is 4.72 Å². The van der Waals surface area contributed by atoms with E-state index in [2.05, 4.69) is 4.72 Å². The monoisotopic (exact) mass is 298 g/mol. The summed E-state index contributed by atoms with van der Waals surface area (Å²) in [5, 5.41) is 0. The first kappa shape index (κ1) is 16.7. The van der Waals surface area contributed by atoms with Crippen molar-refractivity contribution in [3.8, 4) is 0 Å². The van der Waals surface area contributed by atoms with Gasteiger partial charge in [-0.05, 0) is 25.0 Å². The fourth-order valence-electron chi connectivity index (χ4n) is 1.78. The van der Waals surface area contributed by atoms with Crippen LogP contribution in [0.3, 0.4) is 0 Å². The van der Waals surface area contributed by atoms with E-state index in [0.717, 1.165) is 11.1 Å². The van der Waals surface area contributed by atoms with E-state index < -0.39 is 10.0 Å². The number of carbonyl (C=O) groups is 1. The van der Waals surface area contributed by atoms with Crippen molar-refractivity contribution >= 4 is 15.9 Å². The molecule has 0 saturated heterocycles. The molecule has 5 nitrogen and oxygen atoms in total. The quantitative estimate of drug-likeness (QED) is 0.824. The maximum atomic E-state index is 11.6. The lowest BCUT2D eigenvalue weighted by Gasteiger charge is -2.22. The van der Waals surface area contributed by atoms with Crippen LogP contribution in [0.1, 0.15) is 25.0 Å². The van der Waals surface area contributed by atoms with E-state index in [0.29, 0.717) is 13.1 Å². The smallest absolute Gasteiger partial charge is 0.219 e. The Morgan fingerprint density at radius 2 is 1.95 bits per heavy atom. The number of nitrogens with zero attached hydrogens (tertiary/aromatic N) is 1. The van der Waals surface area contributed by atoms with Crippen LogP contribution in [0.5, 0.6) is 0 Å². The van der Waals surface area contributed by atoms with Crippen molar-refractivity contribution in [3.63, 3.8) is 0 Å². The first-order chi connectivity index (χ1) is 9.35. The van der Waals surface area contributed by atoms with E-state index >= 15 is 0 Å². The molecule has 1 aromatic carbocycles. The number of amides is 1. The van der Waals surface area contributed by atoms with Crippen LogP contribution in [0.15, 0.2) is 24.3 Å². The van der Waals surface area contributed by atoms with Crippen molar-refractivity contribution in [2.45, 2.75) is 27.3 Å². The van der Waals surface area contributed by atoms with Crippen molar-refractivity contribution in [3.05, 3.63) is 35.4 Å². The molecule has 0 aliphatic rings. The van der Waals surface area contributed by atoms with E-state index in [1.165, 1.54) is 6.92 Å². The molecule has 6 heteroatoms. The summed E-state index contributed by atoms with van der Waals surface area (Å²) in [6.07, 6.45) is 0. The Morgan fingerprint density at radius 3 is 2.50 bits per heavy atom. The highest BCUT2D eigenvalue weighted by atomic mass is 32.2. The minimum Gasteiger partial charge on any atom is -0.337 e. The molecule has 0 aromatic heterocycles. The fourth-order valence-corrected chi connectivity index (χ4v) is 2.39. The number of benzene rings is 1. The van der Waals surface area contributed by atoms with E-state index in [1.54, 1.807) is 11.8 Å². The Kier molecular flexibility index (Phi) is 6.16. The number of rotatable bonds is 7. The summed E-state index contributed by atoms with van der Waals surface area (Å²) < 4.78 is 25.2. The lowest BCUT2D eigenvalue weighted by atomic mass is 10.1. The molecule has 0 aliphatic carbocycles. The standard InChI is InChI=1S/C14H22N2O3S/c1-4-20(18,19)15-9-10-16(13(3)17)11-14-8-6-5-7-12(14)2/h5-8,15H,4,9-11H2,1-3H3. The van der Waals surface area contributed by atoms with Gasteiger partial charge >= 0.3 is 0 Å². The highest BCUT2D eigenvalue weighted by Crippen LogP contribution is 2.10. The van der Waals surface area contributed by atoms with Crippen molar-refractivity contribution in [2.75, 3.05) is 18.8 Å². The zero-order valence-corrected chi connectivity index (χ0v) is 13.0. The van der Waals surface area contributed by atoms with Gasteiger partial charge in [0.15, 0.2) is 0 Å². The second-order valence-corrected chi connectivity index (χ2v) is 6.76. The minimum absolute atomic E-state index is 0.0465. The highest BCUT2D eigenvalue weighted by Gasteiger charge is 2.12. The van der Waals surface area contributed by atoms with Crippen molar-refractivity contribution in [1.29, 1.82) is 0 Å². The van der Waals surface area contributed by atoms with E-state index in [9.17, 15) is 13.2 Å². The first-order valence-electron chi connectivity index (χ1n) is 6.63. The molecule has 0 aliphatic heterocycles. The van der Waals surface area contributed by atoms with Crippen molar-refractivity contribution in [1.82, 2.24) is 9.62 Å². The molecule has 20 heavy (non-hydrogen) atoms. The van der Waals surface area contributed by atoms with Gasteiger partial charge in [0.05, 0.1) is 5.75 Å². The number of carbonyl (C=O) groups excluding carboxylic acids is 1. The van der Waals surface area contributed by atoms with Crippen LogP contribution in [-0.4, -0.2) is 38.1 Å². The highest BCUT2D eigenvalue weighted by molar-refractivity contribution is 7.89. The Morgan fingerprint density at radius 1 is 1.30 bits per heavy atom. The van der Waals surface area contributed by atoms with E-state index in [-0.39, 0.29) is 18.2 Å². The van der Waals surface area contributed by atoms with Gasteiger partial charge in [-0.3, -0.25) is 4.79 Å². The molecule has 0 heterocycles. The minimum atomic E-state index is -3.21. The van der Waals surface area contributed by atoms with Gasteiger partial charge in [0, 0.05) is 26.6 Å². The van der Waals surface area contributed by atoms with Crippen LogP contribution >= 0.6 is 0 Å². The Balaban J connectivity index is 2.63. The number of sulfonamides is 1. The molecule has 0 saturated carbocycles. The summed E-state index contributed by atoms with van der Waals surface area (Å²) in [6, 6.07) is 7.85. The number of nitrogens with one attached hydrogen (secondary N) is 1. The second kappa shape index (κ2) is 7.40. The molecule has 0 unspecified atom stereocenters. The first-order valence-corrected chi connectivity index (χ1v) is 8.28. The Bertz CT molecular complexity index is 555. The normalized spacial score (nSPS) is 11.3. The summed E-state index contributed by atoms with van der Waals surface area (Å²) in [4.78, 5) is 13.3. The SMILES string of the molecule is CCS(=O)(=O)NCCN(Cc1ccccc1C)C(C)=O. The maximum absolute atomic E-state index is 11.6. The molecule has 1 N–H and O–H groups in total. The van der Waals surface area contributed by atoms with Crippen LogP contribution in [-0.2, 0) is 21.4 Å². The average Bonchev–Trinajstić information content (AvgIpc) is 2.39. The molecule has 0 fully saturated rings. The number of hydrogen-bond acceptors (Lipinski definition) is 3. The zero-order valence-electron chi connectivity index (χ0n) is 12.2. The van der Waals surface area contributed by atoms with Crippen LogP contribution in [0.25, 0.3) is 0 Å². The topological polar surface area (TPSA) is 66.5 Å². The molecular formula is C14H22N2O3S. The molecule has 1 amide bonds. The Hall–Kier alpha value is -1.40. The van der Waals surface area contributed by atoms with Gasteiger partial charge in [0.1, 0.15) is 0 Å². The van der Waals surface area contributed by atoms with Gasteiger partial charge in [-0.25, -0.2) is 13.1 Å².